The van der Waals surface area contributed by atoms with Crippen molar-refractivity contribution >= 4 is 27.7 Å². The molecule has 1 aromatic rings. The fraction of sp³-hybridized carbons (Fsp3) is 0.417. The van der Waals surface area contributed by atoms with Crippen molar-refractivity contribution in [2.75, 3.05) is 0 Å². The normalized spacial score (nSPS) is 16.5. The van der Waals surface area contributed by atoms with E-state index in [1.165, 1.54) is 25.7 Å². The van der Waals surface area contributed by atoms with Crippen molar-refractivity contribution in [1.29, 1.82) is 5.26 Å². The lowest BCUT2D eigenvalue weighted by Crippen LogP contribution is -1.94. The van der Waals surface area contributed by atoms with Gasteiger partial charge in [-0.25, -0.2) is 0 Å². The molecule has 0 radical (unpaired) electrons. The summed E-state index contributed by atoms with van der Waals surface area (Å²) < 4.78 is 0.981. The zero-order valence-electron chi connectivity index (χ0n) is 8.37. The molecule has 1 aliphatic rings. The SMILES string of the molecule is N#Cc1cc(Br)ccc1SC1CCCC1. The molecule has 0 aromatic heterocycles. The maximum atomic E-state index is 9.03. The Labute approximate surface area is 103 Å². The number of nitrogens with zero attached hydrogens (tertiary/aromatic N) is 1. The summed E-state index contributed by atoms with van der Waals surface area (Å²) in [6.45, 7) is 0. The molecular formula is C12H12BrNS. The van der Waals surface area contributed by atoms with Gasteiger partial charge in [0.05, 0.1) is 5.56 Å². The van der Waals surface area contributed by atoms with E-state index in [0.29, 0.717) is 0 Å². The third-order valence-corrected chi connectivity index (χ3v) is 4.57. The van der Waals surface area contributed by atoms with Crippen molar-refractivity contribution in [3.63, 3.8) is 0 Å². The smallest absolute Gasteiger partial charge is 0.100 e. The summed E-state index contributed by atoms with van der Waals surface area (Å²) in [6, 6.07) is 8.22. The Morgan fingerprint density at radius 2 is 2.07 bits per heavy atom. The molecule has 0 aliphatic heterocycles. The van der Waals surface area contributed by atoms with Gasteiger partial charge in [-0.2, -0.15) is 5.26 Å². The zero-order valence-corrected chi connectivity index (χ0v) is 10.8. The van der Waals surface area contributed by atoms with Gasteiger partial charge in [-0.3, -0.25) is 0 Å². The molecule has 1 nitrogen and oxygen atoms in total. The first kappa shape index (κ1) is 11.0. The van der Waals surface area contributed by atoms with Crippen LogP contribution in [-0.2, 0) is 0 Å². The van der Waals surface area contributed by atoms with Crippen LogP contribution in [0.15, 0.2) is 27.6 Å². The zero-order chi connectivity index (χ0) is 10.7. The van der Waals surface area contributed by atoms with Crippen LogP contribution >= 0.6 is 27.7 Å². The Morgan fingerprint density at radius 3 is 2.73 bits per heavy atom. The highest BCUT2D eigenvalue weighted by molar-refractivity contribution is 9.10. The number of thioether (sulfide) groups is 1. The molecule has 15 heavy (non-hydrogen) atoms. The quantitative estimate of drug-likeness (QED) is 0.805. The van der Waals surface area contributed by atoms with Crippen LogP contribution in [-0.4, -0.2) is 5.25 Å². The van der Waals surface area contributed by atoms with Gasteiger partial charge in [0.15, 0.2) is 0 Å². The number of hydrogen-bond acceptors (Lipinski definition) is 2. The van der Waals surface area contributed by atoms with Crippen molar-refractivity contribution in [2.45, 2.75) is 35.8 Å². The van der Waals surface area contributed by atoms with Gasteiger partial charge in [0.25, 0.3) is 0 Å². The van der Waals surface area contributed by atoms with E-state index in [-0.39, 0.29) is 0 Å². The van der Waals surface area contributed by atoms with E-state index < -0.39 is 0 Å². The largest absolute Gasteiger partial charge is 0.192 e. The molecule has 1 fully saturated rings. The Hall–Kier alpha value is -0.460. The minimum absolute atomic E-state index is 0.721. The van der Waals surface area contributed by atoms with Gasteiger partial charge in [0.2, 0.25) is 0 Å². The Kier molecular flexibility index (Phi) is 3.71. The topological polar surface area (TPSA) is 23.8 Å². The van der Waals surface area contributed by atoms with Crippen molar-refractivity contribution < 1.29 is 0 Å². The molecule has 1 aromatic carbocycles. The van der Waals surface area contributed by atoms with Crippen LogP contribution in [0.1, 0.15) is 31.2 Å². The summed E-state index contributed by atoms with van der Waals surface area (Å²) >= 11 is 5.26. The maximum Gasteiger partial charge on any atom is 0.100 e. The number of benzene rings is 1. The van der Waals surface area contributed by atoms with E-state index in [2.05, 4.69) is 22.0 Å². The van der Waals surface area contributed by atoms with Gasteiger partial charge in [0, 0.05) is 14.6 Å². The Bertz CT molecular complexity index is 391. The third-order valence-electron chi connectivity index (χ3n) is 2.66. The maximum absolute atomic E-state index is 9.03. The molecule has 0 amide bonds. The highest BCUT2D eigenvalue weighted by atomic mass is 79.9. The average molecular weight is 282 g/mol. The molecule has 1 aliphatic carbocycles. The first-order valence-electron chi connectivity index (χ1n) is 5.16. The van der Waals surface area contributed by atoms with Crippen molar-refractivity contribution in [2.24, 2.45) is 0 Å². The van der Waals surface area contributed by atoms with Gasteiger partial charge in [-0.1, -0.05) is 28.8 Å². The average Bonchev–Trinajstić information content (AvgIpc) is 2.73. The Morgan fingerprint density at radius 1 is 1.33 bits per heavy atom. The second kappa shape index (κ2) is 5.05. The van der Waals surface area contributed by atoms with Crippen LogP contribution in [0.5, 0.6) is 0 Å². The van der Waals surface area contributed by atoms with E-state index in [1.54, 1.807) is 0 Å². The monoisotopic (exact) mass is 281 g/mol. The first-order chi connectivity index (χ1) is 7.29. The van der Waals surface area contributed by atoms with Crippen molar-refractivity contribution in [3.05, 3.63) is 28.2 Å². The van der Waals surface area contributed by atoms with Crippen molar-refractivity contribution in [1.82, 2.24) is 0 Å². The van der Waals surface area contributed by atoms with Gasteiger partial charge in [-0.05, 0) is 31.0 Å². The fourth-order valence-corrected chi connectivity index (χ4v) is 3.55. The highest BCUT2D eigenvalue weighted by Gasteiger charge is 2.17. The molecule has 0 bridgehead atoms. The Balaban J connectivity index is 2.16. The van der Waals surface area contributed by atoms with Gasteiger partial charge in [-0.15, -0.1) is 11.8 Å². The van der Waals surface area contributed by atoms with Crippen LogP contribution in [0.25, 0.3) is 0 Å². The second-order valence-corrected chi connectivity index (χ2v) is 6.03. The van der Waals surface area contributed by atoms with Crippen molar-refractivity contribution in [3.8, 4) is 6.07 Å². The molecule has 1 saturated carbocycles. The molecule has 0 N–H and O–H groups in total. The number of nitriles is 1. The summed E-state index contributed by atoms with van der Waals surface area (Å²) in [6.07, 6.45) is 5.28. The third kappa shape index (κ3) is 2.76. The molecule has 78 valence electrons. The standard InChI is InChI=1S/C12H12BrNS/c13-10-5-6-12(9(7-10)8-14)15-11-3-1-2-4-11/h5-7,11H,1-4H2. The summed E-state index contributed by atoms with van der Waals surface area (Å²) in [5.74, 6) is 0. The van der Waals surface area contributed by atoms with E-state index in [4.69, 9.17) is 5.26 Å². The molecule has 3 heteroatoms. The number of rotatable bonds is 2. The molecule has 0 heterocycles. The molecule has 2 rings (SSSR count). The predicted octanol–water partition coefficient (Wildman–Crippen LogP) is 4.36. The summed E-state index contributed by atoms with van der Waals surface area (Å²) in [7, 11) is 0. The van der Waals surface area contributed by atoms with Gasteiger partial charge < -0.3 is 0 Å². The van der Waals surface area contributed by atoms with E-state index in [9.17, 15) is 0 Å². The van der Waals surface area contributed by atoms with E-state index >= 15 is 0 Å². The molecule has 0 saturated heterocycles. The predicted molar refractivity (Wildman–Crippen MR) is 67.0 cm³/mol. The van der Waals surface area contributed by atoms with Crippen LogP contribution in [0.3, 0.4) is 0 Å². The van der Waals surface area contributed by atoms with Crippen LogP contribution in [0.2, 0.25) is 0 Å². The molecular weight excluding hydrogens is 270 g/mol. The lowest BCUT2D eigenvalue weighted by molar-refractivity contribution is 0.886. The van der Waals surface area contributed by atoms with Crippen LogP contribution in [0, 0.1) is 11.3 Å². The fourth-order valence-electron chi connectivity index (χ4n) is 1.88. The molecule has 0 unspecified atom stereocenters. The van der Waals surface area contributed by atoms with E-state index in [0.717, 1.165) is 20.2 Å². The lowest BCUT2D eigenvalue weighted by Gasteiger charge is -2.09. The lowest BCUT2D eigenvalue weighted by atomic mass is 10.2. The summed E-state index contributed by atoms with van der Waals surface area (Å²) in [5, 5.41) is 9.75. The van der Waals surface area contributed by atoms with Gasteiger partial charge in [0.1, 0.15) is 6.07 Å². The molecule has 0 spiro atoms. The van der Waals surface area contributed by atoms with E-state index in [1.807, 2.05) is 30.0 Å². The second-order valence-electron chi connectivity index (χ2n) is 3.78. The molecule has 0 atom stereocenters. The number of halogens is 1. The first-order valence-corrected chi connectivity index (χ1v) is 6.83. The van der Waals surface area contributed by atoms with Crippen LogP contribution < -0.4 is 0 Å². The van der Waals surface area contributed by atoms with Gasteiger partial charge >= 0.3 is 0 Å². The number of hydrogen-bond donors (Lipinski definition) is 0. The summed E-state index contributed by atoms with van der Waals surface area (Å²) in [4.78, 5) is 1.13. The summed E-state index contributed by atoms with van der Waals surface area (Å²) in [5.41, 5.74) is 0.793. The van der Waals surface area contributed by atoms with Crippen LogP contribution in [0.4, 0.5) is 0 Å². The highest BCUT2D eigenvalue weighted by Crippen LogP contribution is 2.36. The minimum Gasteiger partial charge on any atom is -0.192 e. The minimum atomic E-state index is 0.721.